The summed E-state index contributed by atoms with van der Waals surface area (Å²) in [5.74, 6) is 0. The average Bonchev–Trinajstić information content (AvgIpc) is 3.08. The topological polar surface area (TPSA) is 46.2 Å². The summed E-state index contributed by atoms with van der Waals surface area (Å²) in [6.07, 6.45) is 3.13. The number of sulfone groups is 1. The van der Waals surface area contributed by atoms with E-state index in [9.17, 15) is 8.42 Å². The molecule has 0 aromatic heterocycles. The van der Waals surface area contributed by atoms with E-state index in [1.807, 2.05) is 32.9 Å². The summed E-state index contributed by atoms with van der Waals surface area (Å²) in [6.45, 7) is 5.78. The molecule has 2 aliphatic rings. The predicted molar refractivity (Wildman–Crippen MR) is 76.1 cm³/mol. The molecule has 1 saturated carbocycles. The molecule has 1 fully saturated rings. The van der Waals surface area contributed by atoms with Crippen molar-refractivity contribution in [1.29, 1.82) is 0 Å². The molecule has 0 radical (unpaired) electrons. The Morgan fingerprint density at radius 2 is 1.89 bits per heavy atom. The molecule has 1 heterocycles. The highest BCUT2D eigenvalue weighted by Crippen LogP contribution is 2.40. The number of rotatable bonds is 2. The fourth-order valence-electron chi connectivity index (χ4n) is 3.11. The molecule has 19 heavy (non-hydrogen) atoms. The minimum Gasteiger partial charge on any atom is -0.307 e. The van der Waals surface area contributed by atoms with Crippen LogP contribution in [0.2, 0.25) is 0 Å². The fourth-order valence-corrected chi connectivity index (χ4v) is 5.00. The molecule has 1 aliphatic carbocycles. The van der Waals surface area contributed by atoms with Gasteiger partial charge in [-0.15, -0.1) is 0 Å². The molecular weight excluding hydrogens is 258 g/mol. The molecule has 3 nitrogen and oxygen atoms in total. The van der Waals surface area contributed by atoms with Crippen LogP contribution < -0.4 is 5.32 Å². The van der Waals surface area contributed by atoms with E-state index in [0.29, 0.717) is 17.4 Å². The van der Waals surface area contributed by atoms with Gasteiger partial charge in [-0.1, -0.05) is 17.7 Å². The predicted octanol–water partition coefficient (Wildman–Crippen LogP) is 2.66. The van der Waals surface area contributed by atoms with Gasteiger partial charge in [0.25, 0.3) is 0 Å². The van der Waals surface area contributed by atoms with E-state index in [1.54, 1.807) is 0 Å². The van der Waals surface area contributed by atoms with Gasteiger partial charge in [0.1, 0.15) is 0 Å². The number of hydrogen-bond acceptors (Lipinski definition) is 3. The lowest BCUT2D eigenvalue weighted by atomic mass is 9.97. The first kappa shape index (κ1) is 13.1. The molecule has 3 rings (SSSR count). The lowest BCUT2D eigenvalue weighted by molar-refractivity contribution is 0.459. The van der Waals surface area contributed by atoms with Gasteiger partial charge < -0.3 is 5.32 Å². The first-order valence-corrected chi connectivity index (χ1v) is 8.55. The van der Waals surface area contributed by atoms with Crippen LogP contribution in [0.1, 0.15) is 48.9 Å². The van der Waals surface area contributed by atoms with Gasteiger partial charge in [0, 0.05) is 12.1 Å². The van der Waals surface area contributed by atoms with Crippen LogP contribution in [0.25, 0.3) is 0 Å². The number of hydrogen-bond donors (Lipinski definition) is 1. The molecule has 0 bridgehead atoms. The van der Waals surface area contributed by atoms with Crippen LogP contribution in [0.5, 0.6) is 0 Å². The van der Waals surface area contributed by atoms with Gasteiger partial charge >= 0.3 is 0 Å². The molecule has 1 aromatic carbocycles. The maximum absolute atomic E-state index is 12.6. The molecule has 2 unspecified atom stereocenters. The first-order chi connectivity index (χ1) is 8.89. The summed E-state index contributed by atoms with van der Waals surface area (Å²) in [5.41, 5.74) is 3.02. The zero-order valence-electron chi connectivity index (χ0n) is 11.7. The molecular formula is C15H21NO2S. The Balaban J connectivity index is 2.15. The van der Waals surface area contributed by atoms with E-state index < -0.39 is 9.84 Å². The number of benzene rings is 1. The Morgan fingerprint density at radius 1 is 1.21 bits per heavy atom. The largest absolute Gasteiger partial charge is 0.307 e. The first-order valence-electron chi connectivity index (χ1n) is 7.00. The molecule has 4 heteroatoms. The van der Waals surface area contributed by atoms with Crippen LogP contribution in [0, 0.1) is 13.8 Å². The Kier molecular flexibility index (Phi) is 2.98. The van der Waals surface area contributed by atoms with Crippen LogP contribution in [0.4, 0.5) is 0 Å². The molecule has 1 N–H and O–H groups in total. The van der Waals surface area contributed by atoms with Gasteiger partial charge in [0.05, 0.1) is 10.1 Å². The highest BCUT2D eigenvalue weighted by molar-refractivity contribution is 7.92. The van der Waals surface area contributed by atoms with Gasteiger partial charge in [-0.05, 0) is 51.2 Å². The summed E-state index contributed by atoms with van der Waals surface area (Å²) in [7, 11) is -3.16. The third-order valence-electron chi connectivity index (χ3n) is 4.22. The molecule has 0 amide bonds. The van der Waals surface area contributed by atoms with Crippen molar-refractivity contribution in [2.24, 2.45) is 0 Å². The number of fused-ring (bicyclic) bond motifs is 1. The van der Waals surface area contributed by atoms with Crippen molar-refractivity contribution < 1.29 is 8.42 Å². The second-order valence-electron chi connectivity index (χ2n) is 6.09. The van der Waals surface area contributed by atoms with Crippen molar-refractivity contribution >= 4 is 9.84 Å². The highest BCUT2D eigenvalue weighted by atomic mass is 32.2. The zero-order valence-corrected chi connectivity index (χ0v) is 12.5. The van der Waals surface area contributed by atoms with Crippen molar-refractivity contribution in [2.75, 3.05) is 0 Å². The van der Waals surface area contributed by atoms with Gasteiger partial charge in [-0.25, -0.2) is 8.42 Å². The van der Waals surface area contributed by atoms with E-state index in [0.717, 1.165) is 16.7 Å². The zero-order chi connectivity index (χ0) is 13.8. The number of nitrogens with one attached hydrogen (secondary N) is 1. The third-order valence-corrected chi connectivity index (χ3v) is 6.60. The molecule has 1 aliphatic heterocycles. The minimum atomic E-state index is -3.16. The second kappa shape index (κ2) is 4.32. The van der Waals surface area contributed by atoms with Crippen LogP contribution in [-0.2, 0) is 9.84 Å². The number of aryl methyl sites for hydroxylation is 2. The summed E-state index contributed by atoms with van der Waals surface area (Å²) in [5, 5.41) is 3.31. The van der Waals surface area contributed by atoms with Gasteiger partial charge in [-0.2, -0.15) is 0 Å². The van der Waals surface area contributed by atoms with E-state index in [-0.39, 0.29) is 11.3 Å². The minimum absolute atomic E-state index is 0.194. The Hall–Kier alpha value is -0.870. The summed E-state index contributed by atoms with van der Waals surface area (Å²) < 4.78 is 25.1. The van der Waals surface area contributed by atoms with Crippen LogP contribution in [0.3, 0.4) is 0 Å². The quantitative estimate of drug-likeness (QED) is 0.905. The molecule has 0 saturated heterocycles. The second-order valence-corrected chi connectivity index (χ2v) is 8.39. The van der Waals surface area contributed by atoms with Crippen molar-refractivity contribution in [2.45, 2.75) is 62.3 Å². The summed E-state index contributed by atoms with van der Waals surface area (Å²) in [4.78, 5) is 0.579. The Labute approximate surface area is 115 Å². The fraction of sp³-hybridized carbons (Fsp3) is 0.600. The molecule has 2 atom stereocenters. The smallest absolute Gasteiger partial charge is 0.181 e. The Morgan fingerprint density at radius 3 is 2.53 bits per heavy atom. The van der Waals surface area contributed by atoms with Gasteiger partial charge in [0.15, 0.2) is 9.84 Å². The van der Waals surface area contributed by atoms with Crippen molar-refractivity contribution in [3.8, 4) is 0 Å². The van der Waals surface area contributed by atoms with Gasteiger partial charge in [-0.3, -0.25) is 0 Å². The van der Waals surface area contributed by atoms with Crippen LogP contribution in [-0.4, -0.2) is 19.7 Å². The molecule has 104 valence electrons. The van der Waals surface area contributed by atoms with Crippen LogP contribution in [0.15, 0.2) is 17.0 Å². The van der Waals surface area contributed by atoms with E-state index in [1.165, 1.54) is 12.8 Å². The lowest BCUT2D eigenvalue weighted by Gasteiger charge is -2.32. The maximum Gasteiger partial charge on any atom is 0.181 e. The van der Waals surface area contributed by atoms with Gasteiger partial charge in [0.2, 0.25) is 0 Å². The van der Waals surface area contributed by atoms with E-state index >= 15 is 0 Å². The van der Waals surface area contributed by atoms with Crippen molar-refractivity contribution in [3.05, 3.63) is 28.8 Å². The SMILES string of the molecule is Cc1cc(C)c2c(c1)C(NC1CC1)CC(C)S2(=O)=O. The van der Waals surface area contributed by atoms with Crippen molar-refractivity contribution in [1.82, 2.24) is 5.32 Å². The van der Waals surface area contributed by atoms with E-state index in [2.05, 4.69) is 5.32 Å². The average molecular weight is 279 g/mol. The van der Waals surface area contributed by atoms with Crippen molar-refractivity contribution in [3.63, 3.8) is 0 Å². The molecule has 0 spiro atoms. The summed E-state index contributed by atoms with van der Waals surface area (Å²) in [6, 6.07) is 4.81. The highest BCUT2D eigenvalue weighted by Gasteiger charge is 2.39. The van der Waals surface area contributed by atoms with Crippen LogP contribution >= 0.6 is 0 Å². The van der Waals surface area contributed by atoms with E-state index in [4.69, 9.17) is 0 Å². The third kappa shape index (κ3) is 2.21. The normalized spacial score (nSPS) is 29.0. The summed E-state index contributed by atoms with van der Waals surface area (Å²) >= 11 is 0. The Bertz CT molecular complexity index is 617. The monoisotopic (exact) mass is 279 g/mol. The standard InChI is InChI=1S/C15H21NO2S/c1-9-6-10(2)15-13(7-9)14(16-12-4-5-12)8-11(3)19(15,17)18/h6-7,11-12,14,16H,4-5,8H2,1-3H3. The maximum atomic E-state index is 12.6. The lowest BCUT2D eigenvalue weighted by Crippen LogP contribution is -2.36. The molecule has 1 aromatic rings.